The largest absolute Gasteiger partial charge is 0.496 e. The number of fused-ring (bicyclic) bond motifs is 1. The Kier molecular flexibility index (Phi) is 2.97. The second-order valence-electron chi connectivity index (χ2n) is 4.33. The molecule has 3 aromatic rings. The molecule has 0 amide bonds. The van der Waals surface area contributed by atoms with E-state index in [0.29, 0.717) is 6.54 Å². The lowest BCUT2D eigenvalue weighted by Gasteiger charge is -2.08. The molecule has 19 heavy (non-hydrogen) atoms. The Morgan fingerprint density at radius 1 is 1.00 bits per heavy atom. The summed E-state index contributed by atoms with van der Waals surface area (Å²) in [6.45, 7) is 0.411. The topological polar surface area (TPSA) is 48.4 Å². The van der Waals surface area contributed by atoms with E-state index >= 15 is 0 Å². The molecular formula is C16H15NO2. The van der Waals surface area contributed by atoms with Crippen molar-refractivity contribution < 1.29 is 9.15 Å². The van der Waals surface area contributed by atoms with E-state index in [9.17, 15) is 0 Å². The van der Waals surface area contributed by atoms with E-state index in [0.717, 1.165) is 33.6 Å². The predicted octanol–water partition coefficient (Wildman–Crippen LogP) is 3.57. The summed E-state index contributed by atoms with van der Waals surface area (Å²) in [7, 11) is 1.68. The molecule has 1 aromatic heterocycles. The minimum atomic E-state index is 0.411. The highest BCUT2D eigenvalue weighted by Crippen LogP contribution is 2.34. The Morgan fingerprint density at radius 3 is 2.47 bits per heavy atom. The summed E-state index contributed by atoms with van der Waals surface area (Å²) in [5.74, 6) is 2.49. The molecule has 0 saturated carbocycles. The smallest absolute Gasteiger partial charge is 0.134 e. The lowest BCUT2D eigenvalue weighted by molar-refractivity contribution is 0.420. The van der Waals surface area contributed by atoms with Crippen LogP contribution in [0.3, 0.4) is 0 Å². The third-order valence-corrected chi connectivity index (χ3v) is 3.23. The fourth-order valence-corrected chi connectivity index (χ4v) is 2.30. The minimum Gasteiger partial charge on any atom is -0.496 e. The van der Waals surface area contributed by atoms with Crippen LogP contribution in [0.25, 0.3) is 22.1 Å². The van der Waals surface area contributed by atoms with Gasteiger partial charge >= 0.3 is 0 Å². The van der Waals surface area contributed by atoms with Crippen LogP contribution >= 0.6 is 0 Å². The van der Waals surface area contributed by atoms with Crippen LogP contribution in [0.4, 0.5) is 0 Å². The number of furan rings is 1. The van der Waals surface area contributed by atoms with Crippen molar-refractivity contribution in [3.63, 3.8) is 0 Å². The monoisotopic (exact) mass is 253 g/mol. The summed E-state index contributed by atoms with van der Waals surface area (Å²) >= 11 is 0. The lowest BCUT2D eigenvalue weighted by atomic mass is 10.0. The normalized spacial score (nSPS) is 10.8. The number of methoxy groups -OCH3 is 1. The lowest BCUT2D eigenvalue weighted by Crippen LogP contribution is -1.92. The highest BCUT2D eigenvalue weighted by molar-refractivity contribution is 5.99. The van der Waals surface area contributed by atoms with E-state index < -0.39 is 0 Å². The standard InChI is InChI=1S/C16H15NO2/c1-18-15-9-7-14(12-4-2-3-5-13(12)15)16-8-6-11(10-17)19-16/h2-9H,10,17H2,1H3. The fraction of sp³-hybridized carbons (Fsp3) is 0.125. The minimum absolute atomic E-state index is 0.411. The van der Waals surface area contributed by atoms with Crippen LogP contribution in [0.1, 0.15) is 5.76 Å². The Balaban J connectivity index is 2.24. The first-order valence-corrected chi connectivity index (χ1v) is 6.18. The maximum absolute atomic E-state index is 5.73. The number of rotatable bonds is 3. The zero-order valence-electron chi connectivity index (χ0n) is 10.7. The van der Waals surface area contributed by atoms with Crippen molar-refractivity contribution in [1.29, 1.82) is 0 Å². The highest BCUT2D eigenvalue weighted by atomic mass is 16.5. The second-order valence-corrected chi connectivity index (χ2v) is 4.33. The highest BCUT2D eigenvalue weighted by Gasteiger charge is 2.10. The number of ether oxygens (including phenoxy) is 1. The maximum atomic E-state index is 5.73. The van der Waals surface area contributed by atoms with Crippen LogP contribution < -0.4 is 10.5 Å². The summed E-state index contributed by atoms with van der Waals surface area (Å²) in [5, 5.41) is 2.19. The number of hydrogen-bond acceptors (Lipinski definition) is 3. The first kappa shape index (κ1) is 11.8. The molecule has 0 unspecified atom stereocenters. The van der Waals surface area contributed by atoms with Gasteiger partial charge in [0.05, 0.1) is 13.7 Å². The van der Waals surface area contributed by atoms with Crippen LogP contribution in [0, 0.1) is 0 Å². The molecule has 3 heteroatoms. The molecule has 2 aromatic carbocycles. The number of hydrogen-bond donors (Lipinski definition) is 1. The van der Waals surface area contributed by atoms with Crippen LogP contribution in [0.5, 0.6) is 5.75 Å². The summed E-state index contributed by atoms with van der Waals surface area (Å²) in [6, 6.07) is 16.0. The van der Waals surface area contributed by atoms with Gasteiger partial charge in [-0.25, -0.2) is 0 Å². The molecule has 0 fully saturated rings. The summed E-state index contributed by atoms with van der Waals surface area (Å²) in [5.41, 5.74) is 6.64. The van der Waals surface area contributed by atoms with Crippen molar-refractivity contribution in [2.24, 2.45) is 5.73 Å². The number of nitrogens with two attached hydrogens (primary N) is 1. The first-order chi connectivity index (χ1) is 9.33. The van der Waals surface area contributed by atoms with Gasteiger partial charge in [0.15, 0.2) is 0 Å². The van der Waals surface area contributed by atoms with Crippen LogP contribution in [-0.4, -0.2) is 7.11 Å². The molecule has 0 aliphatic heterocycles. The summed E-state index contributed by atoms with van der Waals surface area (Å²) in [6.07, 6.45) is 0. The summed E-state index contributed by atoms with van der Waals surface area (Å²) < 4.78 is 11.1. The van der Waals surface area contributed by atoms with Crippen molar-refractivity contribution in [1.82, 2.24) is 0 Å². The molecule has 0 bridgehead atoms. The Bertz CT molecular complexity index is 716. The number of benzene rings is 2. The fourth-order valence-electron chi connectivity index (χ4n) is 2.30. The zero-order valence-corrected chi connectivity index (χ0v) is 10.7. The Labute approximate surface area is 111 Å². The van der Waals surface area contributed by atoms with Gasteiger partial charge in [0.1, 0.15) is 17.3 Å². The molecule has 0 atom stereocenters. The Morgan fingerprint density at radius 2 is 1.79 bits per heavy atom. The molecular weight excluding hydrogens is 238 g/mol. The molecule has 3 rings (SSSR count). The van der Waals surface area contributed by atoms with Gasteiger partial charge in [-0.15, -0.1) is 0 Å². The maximum Gasteiger partial charge on any atom is 0.134 e. The average Bonchev–Trinajstić information content (AvgIpc) is 2.95. The van der Waals surface area contributed by atoms with Gasteiger partial charge in [0.2, 0.25) is 0 Å². The van der Waals surface area contributed by atoms with Crippen molar-refractivity contribution >= 4 is 10.8 Å². The van der Waals surface area contributed by atoms with Crippen LogP contribution in [0.15, 0.2) is 52.9 Å². The summed E-state index contributed by atoms with van der Waals surface area (Å²) in [4.78, 5) is 0. The van der Waals surface area contributed by atoms with Gasteiger partial charge in [-0.3, -0.25) is 0 Å². The molecule has 0 saturated heterocycles. The Hall–Kier alpha value is -2.26. The van der Waals surface area contributed by atoms with Gasteiger partial charge in [-0.2, -0.15) is 0 Å². The molecule has 0 aliphatic rings. The molecule has 96 valence electrons. The quantitative estimate of drug-likeness (QED) is 0.776. The molecule has 2 N–H and O–H groups in total. The molecule has 0 radical (unpaired) electrons. The van der Waals surface area contributed by atoms with Gasteiger partial charge in [-0.1, -0.05) is 24.3 Å². The van der Waals surface area contributed by atoms with E-state index in [1.807, 2.05) is 42.5 Å². The van der Waals surface area contributed by atoms with Gasteiger partial charge in [0, 0.05) is 10.9 Å². The van der Waals surface area contributed by atoms with E-state index in [-0.39, 0.29) is 0 Å². The molecule has 1 heterocycles. The van der Waals surface area contributed by atoms with E-state index in [2.05, 4.69) is 6.07 Å². The van der Waals surface area contributed by atoms with E-state index in [4.69, 9.17) is 14.9 Å². The van der Waals surface area contributed by atoms with Crippen molar-refractivity contribution in [3.8, 4) is 17.1 Å². The second kappa shape index (κ2) is 4.78. The average molecular weight is 253 g/mol. The van der Waals surface area contributed by atoms with Gasteiger partial charge in [-0.05, 0) is 29.7 Å². The molecule has 0 spiro atoms. The predicted molar refractivity (Wildman–Crippen MR) is 76.1 cm³/mol. The van der Waals surface area contributed by atoms with E-state index in [1.165, 1.54) is 0 Å². The first-order valence-electron chi connectivity index (χ1n) is 6.18. The third-order valence-electron chi connectivity index (χ3n) is 3.23. The molecule has 0 aliphatic carbocycles. The SMILES string of the molecule is COc1ccc(-c2ccc(CN)o2)c2ccccc12. The zero-order chi connectivity index (χ0) is 13.2. The van der Waals surface area contributed by atoms with E-state index in [1.54, 1.807) is 7.11 Å². The van der Waals surface area contributed by atoms with Crippen molar-refractivity contribution in [2.45, 2.75) is 6.54 Å². The van der Waals surface area contributed by atoms with Gasteiger partial charge < -0.3 is 14.9 Å². The third kappa shape index (κ3) is 1.98. The van der Waals surface area contributed by atoms with Crippen molar-refractivity contribution in [2.75, 3.05) is 7.11 Å². The van der Waals surface area contributed by atoms with Crippen LogP contribution in [0.2, 0.25) is 0 Å². The molecule has 3 nitrogen and oxygen atoms in total. The van der Waals surface area contributed by atoms with Crippen LogP contribution in [-0.2, 0) is 6.54 Å². The van der Waals surface area contributed by atoms with Gasteiger partial charge in [0.25, 0.3) is 0 Å². The van der Waals surface area contributed by atoms with Crippen molar-refractivity contribution in [3.05, 3.63) is 54.3 Å².